The van der Waals surface area contributed by atoms with Crippen molar-refractivity contribution in [1.82, 2.24) is 10.2 Å². The number of nitrogens with one attached hydrogen (secondary N) is 1. The molecule has 2 rings (SSSR count). The Morgan fingerprint density at radius 2 is 2.10 bits per heavy atom. The molecule has 0 unspecified atom stereocenters. The molecule has 1 N–H and O–H groups in total. The van der Waals surface area contributed by atoms with Crippen LogP contribution in [0.5, 0.6) is 0 Å². The fourth-order valence-corrected chi connectivity index (χ4v) is 2.45. The van der Waals surface area contributed by atoms with Crippen molar-refractivity contribution in [3.05, 3.63) is 35.4 Å². The zero-order chi connectivity index (χ0) is 15.5. The van der Waals surface area contributed by atoms with Crippen LogP contribution in [0.15, 0.2) is 24.3 Å². The van der Waals surface area contributed by atoms with Gasteiger partial charge >= 0.3 is 0 Å². The highest BCUT2D eigenvalue weighted by Gasteiger charge is 2.39. The fraction of sp³-hybridized carbons (Fsp3) is 0.500. The molecule has 1 aliphatic heterocycles. The molecule has 21 heavy (non-hydrogen) atoms. The predicted octanol–water partition coefficient (Wildman–Crippen LogP) is 1.25. The molecule has 1 fully saturated rings. The second kappa shape index (κ2) is 6.26. The molecule has 1 heterocycles. The maximum absolute atomic E-state index is 12.4. The normalized spacial score (nSPS) is 22.0. The van der Waals surface area contributed by atoms with Crippen LogP contribution in [0.4, 0.5) is 0 Å². The molecule has 114 valence electrons. The quantitative estimate of drug-likeness (QED) is 0.911. The number of morpholine rings is 1. The van der Waals surface area contributed by atoms with Gasteiger partial charge < -0.3 is 15.0 Å². The van der Waals surface area contributed by atoms with Gasteiger partial charge in [0, 0.05) is 20.0 Å². The number of hydrogen-bond acceptors (Lipinski definition) is 3. The van der Waals surface area contributed by atoms with Gasteiger partial charge in [-0.25, -0.2) is 0 Å². The number of benzene rings is 1. The van der Waals surface area contributed by atoms with Crippen molar-refractivity contribution < 1.29 is 14.3 Å². The summed E-state index contributed by atoms with van der Waals surface area (Å²) < 4.78 is 5.62. The number of nitrogens with zero attached hydrogens (tertiary/aromatic N) is 1. The number of aryl methyl sites for hydroxylation is 1. The van der Waals surface area contributed by atoms with E-state index in [0.29, 0.717) is 26.2 Å². The van der Waals surface area contributed by atoms with Crippen molar-refractivity contribution >= 4 is 11.8 Å². The molecule has 1 aromatic carbocycles. The Kier molecular flexibility index (Phi) is 4.63. The maximum atomic E-state index is 12.4. The number of ether oxygens (including phenoxy) is 1. The molecule has 0 aromatic heterocycles. The minimum Gasteiger partial charge on any atom is -0.362 e. The molecular weight excluding hydrogens is 268 g/mol. The van der Waals surface area contributed by atoms with Crippen LogP contribution in [0.3, 0.4) is 0 Å². The molecule has 1 saturated heterocycles. The standard InChI is InChI=1S/C16H22N2O3/c1-12-6-4-5-7-14(12)10-17-15(20)16(3)11-18(13(2)19)8-9-21-16/h4-7H,8-11H2,1-3H3,(H,17,20)/t16-/m0/s1. The number of rotatable bonds is 3. The Bertz CT molecular complexity index is 544. The van der Waals surface area contributed by atoms with E-state index in [4.69, 9.17) is 4.74 Å². The predicted molar refractivity (Wildman–Crippen MR) is 79.6 cm³/mol. The van der Waals surface area contributed by atoms with E-state index < -0.39 is 5.60 Å². The molecule has 1 atom stereocenters. The van der Waals surface area contributed by atoms with Crippen LogP contribution in [0, 0.1) is 6.92 Å². The van der Waals surface area contributed by atoms with E-state index in [1.54, 1.807) is 11.8 Å². The molecule has 0 bridgehead atoms. The Balaban J connectivity index is 1.99. The Morgan fingerprint density at radius 3 is 2.76 bits per heavy atom. The lowest BCUT2D eigenvalue weighted by Crippen LogP contribution is -2.58. The van der Waals surface area contributed by atoms with Crippen molar-refractivity contribution in [1.29, 1.82) is 0 Å². The van der Waals surface area contributed by atoms with Gasteiger partial charge in [-0.3, -0.25) is 9.59 Å². The van der Waals surface area contributed by atoms with E-state index in [-0.39, 0.29) is 11.8 Å². The van der Waals surface area contributed by atoms with Gasteiger partial charge in [0.1, 0.15) is 0 Å². The highest BCUT2D eigenvalue weighted by molar-refractivity contribution is 5.86. The lowest BCUT2D eigenvalue weighted by molar-refractivity contribution is -0.162. The van der Waals surface area contributed by atoms with Gasteiger partial charge in [-0.05, 0) is 25.0 Å². The summed E-state index contributed by atoms with van der Waals surface area (Å²) in [6.45, 7) is 6.93. The van der Waals surface area contributed by atoms with E-state index in [1.165, 1.54) is 6.92 Å². The monoisotopic (exact) mass is 290 g/mol. The van der Waals surface area contributed by atoms with Gasteiger partial charge in [-0.1, -0.05) is 24.3 Å². The average molecular weight is 290 g/mol. The zero-order valence-electron chi connectivity index (χ0n) is 12.8. The van der Waals surface area contributed by atoms with Gasteiger partial charge in [0.05, 0.1) is 13.2 Å². The van der Waals surface area contributed by atoms with Crippen molar-refractivity contribution in [2.24, 2.45) is 0 Å². The molecule has 1 aromatic rings. The summed E-state index contributed by atoms with van der Waals surface area (Å²) in [7, 11) is 0. The van der Waals surface area contributed by atoms with Crippen LogP contribution in [0.1, 0.15) is 25.0 Å². The molecule has 0 aliphatic carbocycles. The van der Waals surface area contributed by atoms with E-state index >= 15 is 0 Å². The largest absolute Gasteiger partial charge is 0.362 e. The minimum atomic E-state index is -0.980. The minimum absolute atomic E-state index is 0.0313. The van der Waals surface area contributed by atoms with Gasteiger partial charge in [-0.2, -0.15) is 0 Å². The van der Waals surface area contributed by atoms with Gasteiger partial charge in [0.25, 0.3) is 5.91 Å². The van der Waals surface area contributed by atoms with Crippen LogP contribution < -0.4 is 5.32 Å². The summed E-state index contributed by atoms with van der Waals surface area (Å²) in [6.07, 6.45) is 0. The van der Waals surface area contributed by atoms with Crippen molar-refractivity contribution in [2.45, 2.75) is 32.9 Å². The zero-order valence-corrected chi connectivity index (χ0v) is 12.8. The van der Waals surface area contributed by atoms with Gasteiger partial charge in [-0.15, -0.1) is 0 Å². The summed E-state index contributed by atoms with van der Waals surface area (Å²) in [5, 5.41) is 2.91. The summed E-state index contributed by atoms with van der Waals surface area (Å²) in [5.74, 6) is -0.215. The lowest BCUT2D eigenvalue weighted by Gasteiger charge is -2.38. The highest BCUT2D eigenvalue weighted by atomic mass is 16.5. The maximum Gasteiger partial charge on any atom is 0.254 e. The first kappa shape index (κ1) is 15.5. The SMILES string of the molecule is CC(=O)N1CCO[C@](C)(C(=O)NCc2ccccc2C)C1. The van der Waals surface area contributed by atoms with Gasteiger partial charge in [0.15, 0.2) is 5.60 Å². The summed E-state index contributed by atoms with van der Waals surface area (Å²) in [4.78, 5) is 25.5. The number of carbonyl (C=O) groups is 2. The van der Waals surface area contributed by atoms with E-state index in [1.807, 2.05) is 31.2 Å². The fourth-order valence-electron chi connectivity index (χ4n) is 2.45. The molecule has 5 heteroatoms. The summed E-state index contributed by atoms with van der Waals surface area (Å²) >= 11 is 0. The Hall–Kier alpha value is -1.88. The second-order valence-corrected chi connectivity index (χ2v) is 5.63. The smallest absolute Gasteiger partial charge is 0.254 e. The molecule has 1 aliphatic rings. The van der Waals surface area contributed by atoms with Crippen LogP contribution in [-0.4, -0.2) is 42.0 Å². The van der Waals surface area contributed by atoms with Crippen LogP contribution in [0.2, 0.25) is 0 Å². The first-order valence-electron chi connectivity index (χ1n) is 7.15. The lowest BCUT2D eigenvalue weighted by atomic mass is 10.0. The first-order chi connectivity index (χ1) is 9.92. The van der Waals surface area contributed by atoms with Crippen molar-refractivity contribution in [3.63, 3.8) is 0 Å². The van der Waals surface area contributed by atoms with Crippen LogP contribution in [0.25, 0.3) is 0 Å². The Morgan fingerprint density at radius 1 is 1.38 bits per heavy atom. The van der Waals surface area contributed by atoms with Crippen LogP contribution >= 0.6 is 0 Å². The molecular formula is C16H22N2O3. The molecule has 2 amide bonds. The first-order valence-corrected chi connectivity index (χ1v) is 7.15. The Labute approximate surface area is 125 Å². The third kappa shape index (κ3) is 3.61. The molecule has 0 spiro atoms. The third-order valence-corrected chi connectivity index (χ3v) is 3.90. The summed E-state index contributed by atoms with van der Waals surface area (Å²) in [6, 6.07) is 7.92. The van der Waals surface area contributed by atoms with E-state index in [0.717, 1.165) is 11.1 Å². The van der Waals surface area contributed by atoms with E-state index in [2.05, 4.69) is 5.32 Å². The third-order valence-electron chi connectivity index (χ3n) is 3.90. The van der Waals surface area contributed by atoms with E-state index in [9.17, 15) is 9.59 Å². The molecule has 5 nitrogen and oxygen atoms in total. The topological polar surface area (TPSA) is 58.6 Å². The highest BCUT2D eigenvalue weighted by Crippen LogP contribution is 2.18. The second-order valence-electron chi connectivity index (χ2n) is 5.63. The molecule has 0 radical (unpaired) electrons. The number of carbonyl (C=O) groups excluding carboxylic acids is 2. The van der Waals surface area contributed by atoms with Crippen molar-refractivity contribution in [3.8, 4) is 0 Å². The molecule has 0 saturated carbocycles. The average Bonchev–Trinajstić information content (AvgIpc) is 2.46. The number of amides is 2. The van der Waals surface area contributed by atoms with Gasteiger partial charge in [0.2, 0.25) is 5.91 Å². The van der Waals surface area contributed by atoms with Crippen molar-refractivity contribution in [2.75, 3.05) is 19.7 Å². The van der Waals surface area contributed by atoms with Crippen LogP contribution in [-0.2, 0) is 20.9 Å². The number of hydrogen-bond donors (Lipinski definition) is 1. The summed E-state index contributed by atoms with van der Waals surface area (Å²) in [5.41, 5.74) is 1.23.